The Kier molecular flexibility index (Phi) is 8.88. The van der Waals surface area contributed by atoms with Gasteiger partial charge in [-0.25, -0.2) is 0 Å². The summed E-state index contributed by atoms with van der Waals surface area (Å²) in [4.78, 5) is 14.4. The van der Waals surface area contributed by atoms with Crippen LogP contribution in [0.5, 0.6) is 0 Å². The molecule has 4 aromatic carbocycles. The molecule has 0 amide bonds. The van der Waals surface area contributed by atoms with Gasteiger partial charge in [0, 0.05) is 0 Å². The Hall–Kier alpha value is -3.73. The van der Waals surface area contributed by atoms with E-state index in [0.717, 1.165) is 12.1 Å². The van der Waals surface area contributed by atoms with E-state index in [9.17, 15) is 23.2 Å². The summed E-state index contributed by atoms with van der Waals surface area (Å²) in [5, 5.41) is 11.8. The van der Waals surface area contributed by atoms with Crippen molar-refractivity contribution in [1.82, 2.24) is 0 Å². The summed E-state index contributed by atoms with van der Waals surface area (Å²) >= 11 is 1.61. The van der Waals surface area contributed by atoms with Crippen molar-refractivity contribution in [3.05, 3.63) is 118 Å². The Labute approximate surface area is 278 Å². The molecule has 1 fully saturated rings. The standard InChI is InChI=1S/C33H25F7IN2O3P/c1-2-45-29(44)28-30(31(34,35)32(36,37)33(38,39)40,43-27-19-18-22(21-42)20-26(27)41)46-47(28,23-12-6-3-7-13-23,24-14-8-4-9-15-24)25-16-10-5-11-17-25/h3-20,28,43H,2H2,1H3/t28-,30+/m0/s1. The molecule has 1 N–H and O–H groups in total. The summed E-state index contributed by atoms with van der Waals surface area (Å²) in [6.45, 7) is -4.41. The van der Waals surface area contributed by atoms with Crippen LogP contribution in [-0.4, -0.2) is 42.0 Å². The molecule has 2 atom stereocenters. The zero-order chi connectivity index (χ0) is 34.3. The molecule has 0 radical (unpaired) electrons. The van der Waals surface area contributed by atoms with Crippen molar-refractivity contribution in [2.45, 2.75) is 36.3 Å². The van der Waals surface area contributed by atoms with Gasteiger partial charge in [0.25, 0.3) is 0 Å². The summed E-state index contributed by atoms with van der Waals surface area (Å²) in [5.74, 6) is -14.4. The number of rotatable bonds is 9. The van der Waals surface area contributed by atoms with Crippen molar-refractivity contribution in [3.8, 4) is 6.07 Å². The second kappa shape index (κ2) is 12.1. The Morgan fingerprint density at radius 1 is 0.872 bits per heavy atom. The van der Waals surface area contributed by atoms with E-state index < -0.39 is 48.8 Å². The van der Waals surface area contributed by atoms with Crippen molar-refractivity contribution in [2.24, 2.45) is 0 Å². The minimum atomic E-state index is -6.77. The van der Waals surface area contributed by atoms with Gasteiger partial charge in [-0.05, 0) is 0 Å². The number of esters is 1. The summed E-state index contributed by atoms with van der Waals surface area (Å²) in [6.07, 6.45) is -6.77. The van der Waals surface area contributed by atoms with Crippen LogP contribution in [0.25, 0.3) is 0 Å². The van der Waals surface area contributed by atoms with Crippen LogP contribution in [-0.2, 0) is 14.1 Å². The van der Waals surface area contributed by atoms with Gasteiger partial charge >= 0.3 is 280 Å². The molecule has 1 aliphatic rings. The van der Waals surface area contributed by atoms with E-state index in [-0.39, 0.29) is 30.7 Å². The van der Waals surface area contributed by atoms with Crippen molar-refractivity contribution in [3.63, 3.8) is 0 Å². The normalized spacial score (nSPS) is 21.3. The van der Waals surface area contributed by atoms with Gasteiger partial charge in [-0.3, -0.25) is 0 Å². The van der Waals surface area contributed by atoms with Crippen molar-refractivity contribution < 1.29 is 44.8 Å². The van der Waals surface area contributed by atoms with E-state index >= 15 is 17.6 Å². The molecule has 5 nitrogen and oxygen atoms in total. The fourth-order valence-electron chi connectivity index (χ4n) is 6.21. The molecule has 1 heterocycles. The fourth-order valence-corrected chi connectivity index (χ4v) is 13.5. The van der Waals surface area contributed by atoms with Crippen LogP contribution in [0.3, 0.4) is 0 Å². The third-order valence-electron chi connectivity index (χ3n) is 8.16. The number of ether oxygens (including phenoxy) is 1. The molecule has 1 aliphatic heterocycles. The van der Waals surface area contributed by atoms with Gasteiger partial charge in [-0.15, -0.1) is 0 Å². The summed E-state index contributed by atoms with van der Waals surface area (Å²) in [6, 6.07) is 27.9. The quantitative estimate of drug-likeness (QED) is 0.0824. The number of nitriles is 1. The molecule has 4 aromatic rings. The number of hydrogen-bond donors (Lipinski definition) is 1. The number of carbonyl (C=O) groups is 1. The van der Waals surface area contributed by atoms with Crippen molar-refractivity contribution >= 4 is 57.0 Å². The SMILES string of the molecule is CCOC(=O)[C@H]1[C@](Nc2ccc(C#N)cc2I)(C(F)(F)C(F)(F)C(F)(F)F)OP1(c1ccccc1)(c1ccccc1)c1ccccc1. The maximum absolute atomic E-state index is 16.8. The molecule has 0 aliphatic carbocycles. The Morgan fingerprint density at radius 2 is 1.34 bits per heavy atom. The van der Waals surface area contributed by atoms with E-state index in [4.69, 9.17) is 9.26 Å². The molecular formula is C33H25F7IN2O3P. The molecular weight excluding hydrogens is 763 g/mol. The second-order valence-corrected chi connectivity index (χ2v) is 16.3. The fraction of sp³-hybridized carbons (Fsp3) is 0.212. The number of nitrogens with one attached hydrogen (secondary N) is 1. The van der Waals surface area contributed by atoms with Gasteiger partial charge in [0.2, 0.25) is 0 Å². The van der Waals surface area contributed by atoms with Crippen LogP contribution in [0, 0.1) is 14.9 Å². The molecule has 0 spiro atoms. The number of halogens is 8. The number of carbonyl (C=O) groups excluding carboxylic acids is 1. The van der Waals surface area contributed by atoms with Gasteiger partial charge in [-0.2, -0.15) is 0 Å². The van der Waals surface area contributed by atoms with Crippen LogP contribution in [0.1, 0.15) is 12.5 Å². The predicted octanol–water partition coefficient (Wildman–Crippen LogP) is 7.51. The van der Waals surface area contributed by atoms with E-state index in [1.807, 2.05) is 6.07 Å². The van der Waals surface area contributed by atoms with Crippen LogP contribution >= 0.6 is 29.4 Å². The van der Waals surface area contributed by atoms with Gasteiger partial charge < -0.3 is 0 Å². The summed E-state index contributed by atoms with van der Waals surface area (Å²) in [5.41, 5.74) is -6.92. The summed E-state index contributed by atoms with van der Waals surface area (Å²) in [7, 11) is 0. The third kappa shape index (κ3) is 4.82. The predicted molar refractivity (Wildman–Crippen MR) is 173 cm³/mol. The van der Waals surface area contributed by atoms with Gasteiger partial charge in [-0.1, -0.05) is 0 Å². The van der Waals surface area contributed by atoms with E-state index in [1.165, 1.54) is 85.8 Å². The van der Waals surface area contributed by atoms with Crippen LogP contribution in [0.4, 0.5) is 36.4 Å². The topological polar surface area (TPSA) is 71.3 Å². The minimum absolute atomic E-state index is 0.00436. The first kappa shape index (κ1) is 34.6. The third-order valence-corrected chi connectivity index (χ3v) is 15.3. The number of alkyl halides is 7. The average molecular weight is 788 g/mol. The molecule has 5 rings (SSSR count). The van der Waals surface area contributed by atoms with Crippen LogP contribution in [0.2, 0.25) is 0 Å². The second-order valence-electron chi connectivity index (χ2n) is 10.7. The van der Waals surface area contributed by atoms with Crippen molar-refractivity contribution in [1.29, 1.82) is 5.26 Å². The molecule has 0 aromatic heterocycles. The summed E-state index contributed by atoms with van der Waals surface area (Å²) < 4.78 is 118. The van der Waals surface area contributed by atoms with Crippen LogP contribution < -0.4 is 21.2 Å². The Morgan fingerprint density at radius 3 is 1.72 bits per heavy atom. The number of nitrogens with zero attached hydrogens (tertiary/aromatic N) is 1. The first-order valence-electron chi connectivity index (χ1n) is 14.0. The average Bonchev–Trinajstić information content (AvgIpc) is 3.04. The molecule has 0 unspecified atom stereocenters. The van der Waals surface area contributed by atoms with Gasteiger partial charge in [0.15, 0.2) is 0 Å². The molecule has 246 valence electrons. The maximum atomic E-state index is 16.8. The van der Waals surface area contributed by atoms with Gasteiger partial charge in [0.1, 0.15) is 0 Å². The molecule has 14 heteroatoms. The Bertz CT molecular complexity index is 1720. The molecule has 0 saturated carbocycles. The molecule has 1 saturated heterocycles. The van der Waals surface area contributed by atoms with Gasteiger partial charge in [0.05, 0.1) is 0 Å². The number of benzene rings is 4. The van der Waals surface area contributed by atoms with Crippen molar-refractivity contribution in [2.75, 3.05) is 11.9 Å². The van der Waals surface area contributed by atoms with Crippen LogP contribution in [0.15, 0.2) is 109 Å². The van der Waals surface area contributed by atoms with E-state index in [0.29, 0.717) is 0 Å². The first-order chi connectivity index (χ1) is 22.1. The zero-order valence-corrected chi connectivity index (χ0v) is 27.4. The van der Waals surface area contributed by atoms with E-state index in [2.05, 4.69) is 5.32 Å². The Balaban J connectivity index is 2.00. The number of hydrogen-bond acceptors (Lipinski definition) is 5. The zero-order valence-electron chi connectivity index (χ0n) is 24.3. The molecule has 47 heavy (non-hydrogen) atoms. The van der Waals surface area contributed by atoms with E-state index in [1.54, 1.807) is 40.8 Å². The first-order valence-corrected chi connectivity index (χ1v) is 17.3. The number of anilines is 1. The molecule has 0 bridgehead atoms. The monoisotopic (exact) mass is 788 g/mol.